The van der Waals surface area contributed by atoms with Crippen LogP contribution in [0.25, 0.3) is 0 Å². The standard InChI is InChI=1S/C26H31N3O5/c1-7-29(24(32)18(3)28-25(33)34-26(4,5)6)22(20-13-14-21(30)17(2)15-20)23(31)27-16-19-11-9-8-10-12-19/h1,8-15,18,22,30H,16H2,2-6H3,(H,27,31)(H,28,33). The lowest BCUT2D eigenvalue weighted by atomic mass is 10.0. The van der Waals surface area contributed by atoms with Crippen LogP contribution in [0.4, 0.5) is 4.79 Å². The van der Waals surface area contributed by atoms with Crippen LogP contribution in [-0.2, 0) is 20.9 Å². The zero-order valence-corrected chi connectivity index (χ0v) is 20.1. The second-order valence-electron chi connectivity index (χ2n) is 8.86. The van der Waals surface area contributed by atoms with Crippen LogP contribution in [0, 0.1) is 19.4 Å². The van der Waals surface area contributed by atoms with Gasteiger partial charge in [0.1, 0.15) is 23.4 Å². The van der Waals surface area contributed by atoms with Crippen LogP contribution in [0.2, 0.25) is 0 Å². The van der Waals surface area contributed by atoms with Gasteiger partial charge in [-0.2, -0.15) is 0 Å². The van der Waals surface area contributed by atoms with Crippen LogP contribution in [0.1, 0.15) is 50.4 Å². The van der Waals surface area contributed by atoms with Crippen LogP contribution < -0.4 is 10.6 Å². The van der Waals surface area contributed by atoms with E-state index in [9.17, 15) is 19.5 Å². The number of aryl methyl sites for hydroxylation is 1. The van der Waals surface area contributed by atoms with E-state index < -0.39 is 35.6 Å². The predicted molar refractivity (Wildman–Crippen MR) is 128 cm³/mol. The highest BCUT2D eigenvalue weighted by Crippen LogP contribution is 2.26. The number of nitrogens with zero attached hydrogens (tertiary/aromatic N) is 1. The van der Waals surface area contributed by atoms with Gasteiger partial charge >= 0.3 is 6.09 Å². The Kier molecular flexibility index (Phi) is 8.68. The molecule has 8 nitrogen and oxygen atoms in total. The molecule has 0 heterocycles. The number of carbonyl (C=O) groups excluding carboxylic acids is 3. The molecular formula is C26H31N3O5. The molecule has 2 aromatic rings. The number of hydrogen-bond donors (Lipinski definition) is 3. The van der Waals surface area contributed by atoms with E-state index in [2.05, 4.69) is 16.7 Å². The van der Waals surface area contributed by atoms with Crippen LogP contribution in [0.3, 0.4) is 0 Å². The van der Waals surface area contributed by atoms with E-state index in [4.69, 9.17) is 11.2 Å². The lowest BCUT2D eigenvalue weighted by Crippen LogP contribution is -2.50. The van der Waals surface area contributed by atoms with Gasteiger partial charge in [0.05, 0.1) is 0 Å². The molecule has 8 heteroatoms. The van der Waals surface area contributed by atoms with Gasteiger partial charge in [-0.25, -0.2) is 4.79 Å². The molecule has 0 aliphatic carbocycles. The maximum absolute atomic E-state index is 13.3. The average Bonchev–Trinajstić information content (AvgIpc) is 2.76. The number of rotatable bonds is 7. The summed E-state index contributed by atoms with van der Waals surface area (Å²) in [6.45, 7) is 8.46. The fourth-order valence-corrected chi connectivity index (χ4v) is 3.17. The van der Waals surface area contributed by atoms with Gasteiger partial charge in [0.2, 0.25) is 5.91 Å². The lowest BCUT2D eigenvalue weighted by molar-refractivity contribution is -0.138. The molecule has 3 amide bonds. The molecule has 0 spiro atoms. The van der Waals surface area contributed by atoms with Crippen LogP contribution in [0.15, 0.2) is 48.5 Å². The molecule has 0 aliphatic heterocycles. The van der Waals surface area contributed by atoms with Gasteiger partial charge in [0.15, 0.2) is 0 Å². The second kappa shape index (κ2) is 11.2. The van der Waals surface area contributed by atoms with Crippen molar-refractivity contribution in [1.29, 1.82) is 0 Å². The Bertz CT molecular complexity index is 1070. The first kappa shape index (κ1) is 26.3. The fourth-order valence-electron chi connectivity index (χ4n) is 3.17. The Labute approximate surface area is 200 Å². The van der Waals surface area contributed by atoms with Crippen molar-refractivity contribution < 1.29 is 24.2 Å². The van der Waals surface area contributed by atoms with Crippen molar-refractivity contribution in [3.8, 4) is 18.2 Å². The van der Waals surface area contributed by atoms with Crippen molar-refractivity contribution in [2.75, 3.05) is 0 Å². The van der Waals surface area contributed by atoms with Crippen molar-refractivity contribution >= 4 is 17.9 Å². The van der Waals surface area contributed by atoms with E-state index in [-0.39, 0.29) is 12.3 Å². The predicted octanol–water partition coefficient (Wildman–Crippen LogP) is 3.39. The number of phenolic OH excluding ortho intramolecular Hbond substituents is 1. The summed E-state index contributed by atoms with van der Waals surface area (Å²) < 4.78 is 5.20. The zero-order valence-electron chi connectivity index (χ0n) is 20.1. The molecule has 0 radical (unpaired) electrons. The van der Waals surface area contributed by atoms with E-state index in [0.29, 0.717) is 11.1 Å². The first-order valence-electron chi connectivity index (χ1n) is 10.8. The van der Waals surface area contributed by atoms with Crippen molar-refractivity contribution in [3.05, 3.63) is 65.2 Å². The Morgan fingerprint density at radius 3 is 2.35 bits per heavy atom. The van der Waals surface area contributed by atoms with E-state index >= 15 is 0 Å². The minimum atomic E-state index is -1.19. The van der Waals surface area contributed by atoms with E-state index in [1.54, 1.807) is 33.8 Å². The maximum Gasteiger partial charge on any atom is 0.408 e. The van der Waals surface area contributed by atoms with E-state index in [1.165, 1.54) is 19.1 Å². The van der Waals surface area contributed by atoms with Gasteiger partial charge in [-0.3, -0.25) is 14.5 Å². The molecule has 0 fully saturated rings. The molecule has 2 unspecified atom stereocenters. The number of alkyl carbamates (subject to hydrolysis) is 1. The number of ether oxygens (including phenoxy) is 1. The summed E-state index contributed by atoms with van der Waals surface area (Å²) in [6, 6.07) is 13.9. The highest BCUT2D eigenvalue weighted by atomic mass is 16.6. The second-order valence-corrected chi connectivity index (χ2v) is 8.86. The van der Waals surface area contributed by atoms with E-state index in [0.717, 1.165) is 10.5 Å². The first-order valence-corrected chi connectivity index (χ1v) is 10.8. The summed E-state index contributed by atoms with van der Waals surface area (Å²) in [5.41, 5.74) is 1.05. The average molecular weight is 466 g/mol. The summed E-state index contributed by atoms with van der Waals surface area (Å²) in [5.74, 6) is -1.13. The third-order valence-electron chi connectivity index (χ3n) is 4.83. The Morgan fingerprint density at radius 1 is 1.15 bits per heavy atom. The van der Waals surface area contributed by atoms with E-state index in [1.807, 2.05) is 30.3 Å². The molecule has 3 N–H and O–H groups in total. The van der Waals surface area contributed by atoms with Crippen molar-refractivity contribution in [3.63, 3.8) is 0 Å². The Balaban J connectivity index is 2.31. The minimum Gasteiger partial charge on any atom is -0.508 e. The topological polar surface area (TPSA) is 108 Å². The molecule has 180 valence electrons. The van der Waals surface area contributed by atoms with Crippen molar-refractivity contribution in [1.82, 2.24) is 15.5 Å². The molecule has 0 bridgehead atoms. The molecule has 0 saturated heterocycles. The smallest absolute Gasteiger partial charge is 0.408 e. The number of benzene rings is 2. The number of aromatic hydroxyl groups is 1. The summed E-state index contributed by atoms with van der Waals surface area (Å²) in [6.07, 6.45) is 4.90. The molecule has 2 aromatic carbocycles. The van der Waals surface area contributed by atoms with Gasteiger partial charge in [0, 0.05) is 12.6 Å². The minimum absolute atomic E-state index is 0.0470. The van der Waals surface area contributed by atoms with Crippen molar-refractivity contribution in [2.24, 2.45) is 0 Å². The third-order valence-corrected chi connectivity index (χ3v) is 4.83. The molecule has 2 atom stereocenters. The normalized spacial score (nSPS) is 12.6. The van der Waals surface area contributed by atoms with Gasteiger partial charge < -0.3 is 20.5 Å². The third kappa shape index (κ3) is 7.27. The molecule has 0 aliphatic rings. The number of nitrogens with one attached hydrogen (secondary N) is 2. The maximum atomic E-state index is 13.3. The van der Waals surface area contributed by atoms with Crippen molar-refractivity contribution in [2.45, 2.75) is 58.8 Å². The van der Waals surface area contributed by atoms with Gasteiger partial charge in [-0.1, -0.05) is 42.8 Å². The molecule has 2 rings (SSSR count). The SMILES string of the molecule is C#CN(C(=O)C(C)NC(=O)OC(C)(C)C)C(C(=O)NCc1ccccc1)c1ccc(O)c(C)c1. The Hall–Kier alpha value is -3.99. The number of hydrogen-bond acceptors (Lipinski definition) is 5. The summed E-state index contributed by atoms with van der Waals surface area (Å²) >= 11 is 0. The molecule has 0 saturated carbocycles. The van der Waals surface area contributed by atoms with Crippen LogP contribution in [0.5, 0.6) is 5.75 Å². The van der Waals surface area contributed by atoms with Gasteiger partial charge in [-0.15, -0.1) is 0 Å². The quantitative estimate of drug-likeness (QED) is 0.429. The highest BCUT2D eigenvalue weighted by molar-refractivity contribution is 5.93. The zero-order chi connectivity index (χ0) is 25.5. The summed E-state index contributed by atoms with van der Waals surface area (Å²) in [7, 11) is 0. The first-order chi connectivity index (χ1) is 15.9. The monoisotopic (exact) mass is 465 g/mol. The fraction of sp³-hybridized carbons (Fsp3) is 0.346. The molecule has 34 heavy (non-hydrogen) atoms. The van der Waals surface area contributed by atoms with Crippen LogP contribution in [-0.4, -0.2) is 39.6 Å². The summed E-state index contributed by atoms with van der Waals surface area (Å²) in [4.78, 5) is 39.6. The number of terminal acetylenes is 1. The summed E-state index contributed by atoms with van der Waals surface area (Å²) in [5, 5.41) is 15.2. The Morgan fingerprint density at radius 2 is 1.79 bits per heavy atom. The largest absolute Gasteiger partial charge is 0.508 e. The number of carbonyl (C=O) groups is 3. The molecule has 0 aromatic heterocycles. The lowest BCUT2D eigenvalue weighted by Gasteiger charge is -2.29. The van der Waals surface area contributed by atoms with Crippen LogP contribution >= 0.6 is 0 Å². The van der Waals surface area contributed by atoms with Gasteiger partial charge in [0.25, 0.3) is 5.91 Å². The number of amides is 3. The number of phenols is 1. The van der Waals surface area contributed by atoms with Gasteiger partial charge in [-0.05, 0) is 63.4 Å². The molecular weight excluding hydrogens is 434 g/mol. The highest BCUT2D eigenvalue weighted by Gasteiger charge is 2.34.